The van der Waals surface area contributed by atoms with Crippen LogP contribution in [0.25, 0.3) is 0 Å². The molecule has 0 aliphatic carbocycles. The molecule has 3 nitrogen and oxygen atoms in total. The maximum Gasteiger partial charge on any atom is 0.339 e. The average molecular weight is 179 g/mol. The Morgan fingerprint density at radius 1 is 1.62 bits per heavy atom. The van der Waals surface area contributed by atoms with Crippen LogP contribution in [-0.2, 0) is 4.74 Å². The first-order valence-electron chi connectivity index (χ1n) is 4.27. The van der Waals surface area contributed by atoms with Gasteiger partial charge in [0.25, 0.3) is 0 Å². The second-order valence-corrected chi connectivity index (χ2v) is 3.23. The van der Waals surface area contributed by atoms with Crippen LogP contribution in [0.15, 0.2) is 24.5 Å². The standard InChI is InChI=1S/C10H13NO2/c1-8(2)7-13-10(12)9-4-3-5-11-6-9/h3-6,8H,7H2,1-2H3. The Morgan fingerprint density at radius 2 is 2.38 bits per heavy atom. The lowest BCUT2D eigenvalue weighted by molar-refractivity contribution is 0.0458. The second kappa shape index (κ2) is 4.60. The van der Waals surface area contributed by atoms with E-state index in [0.29, 0.717) is 18.1 Å². The molecule has 0 aliphatic heterocycles. The minimum Gasteiger partial charge on any atom is -0.462 e. The van der Waals surface area contributed by atoms with Crippen molar-refractivity contribution in [2.24, 2.45) is 5.92 Å². The molecule has 0 unspecified atom stereocenters. The molecule has 3 heteroatoms. The molecule has 0 atom stereocenters. The number of carbonyl (C=O) groups excluding carboxylic acids is 1. The van der Waals surface area contributed by atoms with Crippen molar-refractivity contribution >= 4 is 5.97 Å². The topological polar surface area (TPSA) is 39.2 Å². The Balaban J connectivity index is 2.50. The first kappa shape index (κ1) is 9.71. The lowest BCUT2D eigenvalue weighted by Gasteiger charge is -2.06. The molecule has 70 valence electrons. The third kappa shape index (κ3) is 3.23. The van der Waals surface area contributed by atoms with E-state index in [4.69, 9.17) is 4.74 Å². The Labute approximate surface area is 77.8 Å². The zero-order valence-corrected chi connectivity index (χ0v) is 7.86. The van der Waals surface area contributed by atoms with E-state index in [9.17, 15) is 4.79 Å². The van der Waals surface area contributed by atoms with E-state index in [1.54, 1.807) is 18.3 Å². The van der Waals surface area contributed by atoms with Gasteiger partial charge in [-0.3, -0.25) is 4.98 Å². The number of esters is 1. The molecule has 1 aromatic heterocycles. The molecule has 0 aliphatic rings. The van der Waals surface area contributed by atoms with Crippen molar-refractivity contribution in [1.29, 1.82) is 0 Å². The number of rotatable bonds is 3. The molecule has 0 spiro atoms. The highest BCUT2D eigenvalue weighted by molar-refractivity contribution is 5.88. The molecule has 13 heavy (non-hydrogen) atoms. The summed E-state index contributed by atoms with van der Waals surface area (Å²) in [5, 5.41) is 0. The molecule has 0 aromatic carbocycles. The van der Waals surface area contributed by atoms with Gasteiger partial charge in [0.05, 0.1) is 12.2 Å². The predicted molar refractivity (Wildman–Crippen MR) is 49.4 cm³/mol. The van der Waals surface area contributed by atoms with E-state index in [-0.39, 0.29) is 5.97 Å². The fourth-order valence-corrected chi connectivity index (χ4v) is 0.809. The molecule has 0 radical (unpaired) electrons. The van der Waals surface area contributed by atoms with Crippen LogP contribution in [0.1, 0.15) is 24.2 Å². The van der Waals surface area contributed by atoms with Crippen molar-refractivity contribution in [3.05, 3.63) is 30.1 Å². The molecule has 1 rings (SSSR count). The lowest BCUT2D eigenvalue weighted by atomic mass is 10.2. The molecular formula is C10H13NO2. The summed E-state index contributed by atoms with van der Waals surface area (Å²) in [5.74, 6) is 0.0578. The van der Waals surface area contributed by atoms with Crippen molar-refractivity contribution in [3.8, 4) is 0 Å². The molecule has 0 saturated carbocycles. The highest BCUT2D eigenvalue weighted by atomic mass is 16.5. The van der Waals surface area contributed by atoms with Gasteiger partial charge in [-0.25, -0.2) is 4.79 Å². The summed E-state index contributed by atoms with van der Waals surface area (Å²) < 4.78 is 5.01. The smallest absolute Gasteiger partial charge is 0.339 e. The van der Waals surface area contributed by atoms with Crippen LogP contribution in [0.2, 0.25) is 0 Å². The third-order valence-corrected chi connectivity index (χ3v) is 1.45. The van der Waals surface area contributed by atoms with E-state index >= 15 is 0 Å². The quantitative estimate of drug-likeness (QED) is 0.665. The molecule has 0 fully saturated rings. The first-order chi connectivity index (χ1) is 6.20. The average Bonchev–Trinajstić information content (AvgIpc) is 2.15. The molecule has 1 aromatic rings. The lowest BCUT2D eigenvalue weighted by Crippen LogP contribution is -2.10. The number of hydrogen-bond donors (Lipinski definition) is 0. The van der Waals surface area contributed by atoms with Gasteiger partial charge < -0.3 is 4.74 Å². The highest BCUT2D eigenvalue weighted by Crippen LogP contribution is 2.01. The number of carbonyl (C=O) groups is 1. The van der Waals surface area contributed by atoms with Gasteiger partial charge in [0, 0.05) is 12.4 Å². The zero-order valence-electron chi connectivity index (χ0n) is 7.86. The molecule has 1 heterocycles. The van der Waals surface area contributed by atoms with Crippen LogP contribution in [0.5, 0.6) is 0 Å². The predicted octanol–water partition coefficient (Wildman–Crippen LogP) is 1.89. The van der Waals surface area contributed by atoms with Crippen LogP contribution in [0.3, 0.4) is 0 Å². The largest absolute Gasteiger partial charge is 0.462 e. The van der Waals surface area contributed by atoms with E-state index in [1.807, 2.05) is 13.8 Å². The Hall–Kier alpha value is -1.38. The molecule has 0 amide bonds. The zero-order chi connectivity index (χ0) is 9.68. The minimum absolute atomic E-state index is 0.304. The van der Waals surface area contributed by atoms with E-state index in [1.165, 1.54) is 6.20 Å². The van der Waals surface area contributed by atoms with Gasteiger partial charge in [-0.2, -0.15) is 0 Å². The number of nitrogens with zero attached hydrogens (tertiary/aromatic N) is 1. The van der Waals surface area contributed by atoms with E-state index in [2.05, 4.69) is 4.98 Å². The summed E-state index contributed by atoms with van der Waals surface area (Å²) in [7, 11) is 0. The molecular weight excluding hydrogens is 166 g/mol. The number of aromatic nitrogens is 1. The van der Waals surface area contributed by atoms with E-state index in [0.717, 1.165) is 0 Å². The summed E-state index contributed by atoms with van der Waals surface area (Å²) in [4.78, 5) is 15.1. The normalized spacial score (nSPS) is 10.1. The van der Waals surface area contributed by atoms with Gasteiger partial charge in [-0.15, -0.1) is 0 Å². The SMILES string of the molecule is CC(C)COC(=O)c1cccnc1. The third-order valence-electron chi connectivity index (χ3n) is 1.45. The van der Waals surface area contributed by atoms with Crippen LogP contribution in [-0.4, -0.2) is 17.6 Å². The minimum atomic E-state index is -0.304. The fourth-order valence-electron chi connectivity index (χ4n) is 0.809. The molecule has 0 N–H and O–H groups in total. The second-order valence-electron chi connectivity index (χ2n) is 3.23. The fraction of sp³-hybridized carbons (Fsp3) is 0.400. The van der Waals surface area contributed by atoms with Crippen molar-refractivity contribution in [1.82, 2.24) is 4.98 Å². The summed E-state index contributed by atoms with van der Waals surface area (Å²) in [6, 6.07) is 3.40. The monoisotopic (exact) mass is 179 g/mol. The van der Waals surface area contributed by atoms with Crippen molar-refractivity contribution in [3.63, 3.8) is 0 Å². The highest BCUT2D eigenvalue weighted by Gasteiger charge is 2.06. The number of hydrogen-bond acceptors (Lipinski definition) is 3. The first-order valence-corrected chi connectivity index (χ1v) is 4.27. The van der Waals surface area contributed by atoms with Crippen LogP contribution >= 0.6 is 0 Å². The van der Waals surface area contributed by atoms with Crippen molar-refractivity contribution in [2.45, 2.75) is 13.8 Å². The molecule has 0 bridgehead atoms. The van der Waals surface area contributed by atoms with Gasteiger partial charge >= 0.3 is 5.97 Å². The number of pyridine rings is 1. The summed E-state index contributed by atoms with van der Waals surface area (Å²) in [6.07, 6.45) is 3.13. The van der Waals surface area contributed by atoms with E-state index < -0.39 is 0 Å². The van der Waals surface area contributed by atoms with Gasteiger partial charge in [-0.05, 0) is 18.1 Å². The number of ether oxygens (including phenoxy) is 1. The van der Waals surface area contributed by atoms with Gasteiger partial charge in [-0.1, -0.05) is 13.8 Å². The Kier molecular flexibility index (Phi) is 3.43. The van der Waals surface area contributed by atoms with Gasteiger partial charge in [0.15, 0.2) is 0 Å². The van der Waals surface area contributed by atoms with Crippen molar-refractivity contribution < 1.29 is 9.53 Å². The summed E-state index contributed by atoms with van der Waals surface area (Å²) in [5.41, 5.74) is 0.503. The Morgan fingerprint density at radius 3 is 2.92 bits per heavy atom. The maximum absolute atomic E-state index is 11.3. The van der Waals surface area contributed by atoms with Crippen LogP contribution in [0.4, 0.5) is 0 Å². The molecule has 0 saturated heterocycles. The summed E-state index contributed by atoms with van der Waals surface area (Å²) >= 11 is 0. The van der Waals surface area contributed by atoms with Crippen molar-refractivity contribution in [2.75, 3.05) is 6.61 Å². The van der Waals surface area contributed by atoms with Gasteiger partial charge in [0.2, 0.25) is 0 Å². The van der Waals surface area contributed by atoms with Gasteiger partial charge in [0.1, 0.15) is 0 Å². The summed E-state index contributed by atoms with van der Waals surface area (Å²) in [6.45, 7) is 4.45. The Bertz CT molecular complexity index is 270. The maximum atomic E-state index is 11.3. The van der Waals surface area contributed by atoms with Crippen LogP contribution in [0, 0.1) is 5.92 Å². The van der Waals surface area contributed by atoms with Crippen LogP contribution < -0.4 is 0 Å².